The molecule has 3 N–H and O–H groups in total. The fraction of sp³-hybridized carbons (Fsp3) is 0. The minimum absolute atomic E-state index is 0.413. The van der Waals surface area contributed by atoms with E-state index in [2.05, 4.69) is 15.4 Å². The van der Waals surface area contributed by atoms with Gasteiger partial charge in [-0.2, -0.15) is 5.10 Å². The maximum absolute atomic E-state index is 11.2. The lowest BCUT2D eigenvalue weighted by Gasteiger charge is -2.08. The average molecular weight is 279 g/mol. The molecule has 3 rings (SSSR count). The van der Waals surface area contributed by atoms with Crippen LogP contribution in [-0.4, -0.2) is 20.7 Å². The van der Waals surface area contributed by atoms with E-state index in [0.717, 1.165) is 11.4 Å². The summed E-state index contributed by atoms with van der Waals surface area (Å²) in [5.74, 6) is 0.0784. The number of hydrogen-bond acceptors (Lipinski definition) is 4. The van der Waals surface area contributed by atoms with E-state index >= 15 is 0 Å². The van der Waals surface area contributed by atoms with Gasteiger partial charge in [-0.15, -0.1) is 0 Å². The highest BCUT2D eigenvalue weighted by Gasteiger charge is 2.04. The molecule has 0 spiro atoms. The minimum atomic E-state index is -0.481. The lowest BCUT2D eigenvalue weighted by Crippen LogP contribution is -2.11. The molecule has 0 aliphatic rings. The molecule has 6 nitrogen and oxygen atoms in total. The molecule has 0 atom stereocenters. The van der Waals surface area contributed by atoms with Gasteiger partial charge in [0.15, 0.2) is 0 Å². The molecule has 0 saturated heterocycles. The van der Waals surface area contributed by atoms with Gasteiger partial charge in [-0.3, -0.25) is 4.79 Å². The van der Waals surface area contributed by atoms with Crippen molar-refractivity contribution < 1.29 is 4.79 Å². The fourth-order valence-electron chi connectivity index (χ4n) is 1.95. The van der Waals surface area contributed by atoms with Crippen LogP contribution in [0.2, 0.25) is 0 Å². The zero-order valence-corrected chi connectivity index (χ0v) is 11.1. The molecule has 2 aromatic heterocycles. The van der Waals surface area contributed by atoms with Crippen LogP contribution in [0.5, 0.6) is 0 Å². The largest absolute Gasteiger partial charge is 0.366 e. The van der Waals surface area contributed by atoms with Crippen LogP contribution in [0.15, 0.2) is 61.1 Å². The van der Waals surface area contributed by atoms with Crippen molar-refractivity contribution in [2.24, 2.45) is 5.73 Å². The Morgan fingerprint density at radius 2 is 2.05 bits per heavy atom. The van der Waals surface area contributed by atoms with Crippen molar-refractivity contribution in [1.29, 1.82) is 0 Å². The molecular weight excluding hydrogens is 266 g/mol. The first-order valence-electron chi connectivity index (χ1n) is 6.35. The highest BCUT2D eigenvalue weighted by molar-refractivity contribution is 5.93. The Morgan fingerprint density at radius 1 is 1.14 bits per heavy atom. The molecule has 0 saturated carbocycles. The predicted octanol–water partition coefficient (Wildman–Crippen LogP) is 2.11. The van der Waals surface area contributed by atoms with Gasteiger partial charge in [-0.1, -0.05) is 6.07 Å². The number of benzene rings is 1. The molecule has 0 bridgehead atoms. The third-order valence-corrected chi connectivity index (χ3v) is 2.93. The number of carbonyl (C=O) groups is 1. The first kappa shape index (κ1) is 12.9. The summed E-state index contributed by atoms with van der Waals surface area (Å²) in [5.41, 5.74) is 7.44. The molecule has 0 aliphatic carbocycles. The lowest BCUT2D eigenvalue weighted by atomic mass is 10.2. The highest BCUT2D eigenvalue weighted by Crippen LogP contribution is 2.18. The van der Waals surface area contributed by atoms with E-state index in [1.165, 1.54) is 0 Å². The molecule has 21 heavy (non-hydrogen) atoms. The van der Waals surface area contributed by atoms with E-state index in [-0.39, 0.29) is 0 Å². The standard InChI is InChI=1S/C15H13N5O/c16-15(21)11-5-7-17-14(9-11)19-12-3-1-4-13(10-12)20-8-2-6-18-20/h1-10H,(H2,16,21)(H,17,19). The number of nitrogens with two attached hydrogens (primary N) is 1. The van der Waals surface area contributed by atoms with E-state index in [4.69, 9.17) is 5.73 Å². The van der Waals surface area contributed by atoms with Crippen LogP contribution in [-0.2, 0) is 0 Å². The van der Waals surface area contributed by atoms with Gasteiger partial charge in [0.25, 0.3) is 0 Å². The molecule has 0 aliphatic heterocycles. The van der Waals surface area contributed by atoms with Crippen molar-refractivity contribution in [3.63, 3.8) is 0 Å². The molecular formula is C15H13N5O. The monoisotopic (exact) mass is 279 g/mol. The number of carbonyl (C=O) groups excluding carboxylic acids is 1. The zero-order valence-electron chi connectivity index (χ0n) is 11.1. The number of pyridine rings is 1. The molecule has 0 radical (unpaired) electrons. The molecule has 104 valence electrons. The third kappa shape index (κ3) is 2.89. The van der Waals surface area contributed by atoms with Gasteiger partial charge in [0.05, 0.1) is 5.69 Å². The van der Waals surface area contributed by atoms with Crippen LogP contribution in [0.4, 0.5) is 11.5 Å². The number of aromatic nitrogens is 3. The lowest BCUT2D eigenvalue weighted by molar-refractivity contribution is 0.1000. The number of nitrogens with zero attached hydrogens (tertiary/aromatic N) is 3. The van der Waals surface area contributed by atoms with E-state index in [1.54, 1.807) is 29.2 Å². The molecule has 6 heteroatoms. The zero-order chi connectivity index (χ0) is 14.7. The number of hydrogen-bond donors (Lipinski definition) is 2. The Kier molecular flexibility index (Phi) is 3.34. The Bertz CT molecular complexity index is 767. The maximum atomic E-state index is 11.2. The SMILES string of the molecule is NC(=O)c1ccnc(Nc2cccc(-n3cccn3)c2)c1. The first-order chi connectivity index (χ1) is 10.2. The number of amides is 1. The van der Waals surface area contributed by atoms with E-state index < -0.39 is 5.91 Å². The molecule has 2 heterocycles. The van der Waals surface area contributed by atoms with Crippen LogP contribution < -0.4 is 11.1 Å². The summed E-state index contributed by atoms with van der Waals surface area (Å²) < 4.78 is 1.76. The summed E-state index contributed by atoms with van der Waals surface area (Å²) in [7, 11) is 0. The number of rotatable bonds is 4. The van der Waals surface area contributed by atoms with Gasteiger partial charge in [-0.05, 0) is 36.4 Å². The summed E-state index contributed by atoms with van der Waals surface area (Å²) in [6.07, 6.45) is 5.13. The predicted molar refractivity (Wildman–Crippen MR) is 79.6 cm³/mol. The van der Waals surface area contributed by atoms with Crippen LogP contribution >= 0.6 is 0 Å². The second kappa shape index (κ2) is 5.46. The van der Waals surface area contributed by atoms with Gasteiger partial charge in [0, 0.05) is 29.8 Å². The van der Waals surface area contributed by atoms with Gasteiger partial charge < -0.3 is 11.1 Å². The van der Waals surface area contributed by atoms with E-state index in [0.29, 0.717) is 11.4 Å². The van der Waals surface area contributed by atoms with Crippen molar-refractivity contribution in [2.75, 3.05) is 5.32 Å². The first-order valence-corrected chi connectivity index (χ1v) is 6.35. The Hall–Kier alpha value is -3.15. The molecule has 3 aromatic rings. The second-order valence-electron chi connectivity index (χ2n) is 4.42. The highest BCUT2D eigenvalue weighted by atomic mass is 16.1. The van der Waals surface area contributed by atoms with E-state index in [1.807, 2.05) is 36.5 Å². The van der Waals surface area contributed by atoms with Gasteiger partial charge in [-0.25, -0.2) is 9.67 Å². The summed E-state index contributed by atoms with van der Waals surface area (Å²) in [6.45, 7) is 0. The van der Waals surface area contributed by atoms with E-state index in [9.17, 15) is 4.79 Å². The Balaban J connectivity index is 1.87. The topological polar surface area (TPSA) is 85.8 Å². The second-order valence-corrected chi connectivity index (χ2v) is 4.42. The van der Waals surface area contributed by atoms with Gasteiger partial charge in [0.1, 0.15) is 5.82 Å². The minimum Gasteiger partial charge on any atom is -0.366 e. The summed E-state index contributed by atoms with van der Waals surface area (Å²) >= 11 is 0. The number of nitrogens with one attached hydrogen (secondary N) is 1. The molecule has 0 fully saturated rings. The quantitative estimate of drug-likeness (QED) is 0.766. The average Bonchev–Trinajstić information content (AvgIpc) is 3.02. The molecule has 0 unspecified atom stereocenters. The van der Waals surface area contributed by atoms with Crippen molar-refractivity contribution in [2.45, 2.75) is 0 Å². The van der Waals surface area contributed by atoms with Crippen LogP contribution in [0, 0.1) is 0 Å². The summed E-state index contributed by atoms with van der Waals surface area (Å²) in [4.78, 5) is 15.3. The van der Waals surface area contributed by atoms with Crippen molar-refractivity contribution in [3.8, 4) is 5.69 Å². The Morgan fingerprint density at radius 3 is 2.81 bits per heavy atom. The van der Waals surface area contributed by atoms with Crippen LogP contribution in [0.1, 0.15) is 10.4 Å². The normalized spacial score (nSPS) is 10.3. The van der Waals surface area contributed by atoms with Crippen molar-refractivity contribution in [1.82, 2.24) is 14.8 Å². The molecule has 1 amide bonds. The summed E-state index contributed by atoms with van der Waals surface area (Å²) in [6, 6.07) is 12.8. The smallest absolute Gasteiger partial charge is 0.248 e. The van der Waals surface area contributed by atoms with Crippen molar-refractivity contribution >= 4 is 17.4 Å². The number of primary amides is 1. The van der Waals surface area contributed by atoms with Gasteiger partial charge >= 0.3 is 0 Å². The maximum Gasteiger partial charge on any atom is 0.248 e. The molecule has 1 aromatic carbocycles. The Labute approximate surface area is 121 Å². The summed E-state index contributed by atoms with van der Waals surface area (Å²) in [5, 5.41) is 7.33. The third-order valence-electron chi connectivity index (χ3n) is 2.93. The number of anilines is 2. The van der Waals surface area contributed by atoms with Crippen molar-refractivity contribution in [3.05, 3.63) is 66.6 Å². The van der Waals surface area contributed by atoms with Gasteiger partial charge in [0.2, 0.25) is 5.91 Å². The van der Waals surface area contributed by atoms with Crippen LogP contribution in [0.25, 0.3) is 5.69 Å². The van der Waals surface area contributed by atoms with Crippen LogP contribution in [0.3, 0.4) is 0 Å². The fourth-order valence-corrected chi connectivity index (χ4v) is 1.95.